The Hall–Kier alpha value is -2.15. The third kappa shape index (κ3) is 5.78. The molecule has 0 aliphatic rings. The Morgan fingerprint density at radius 2 is 2.19 bits per heavy atom. The monoisotopic (exact) mass is 296 g/mol. The number of ether oxygens (including phenoxy) is 1. The highest BCUT2D eigenvalue weighted by atomic mass is 16.6. The number of carbonyl (C=O) groups is 1. The van der Waals surface area contributed by atoms with Crippen molar-refractivity contribution in [2.45, 2.75) is 32.2 Å². The lowest BCUT2D eigenvalue weighted by Crippen LogP contribution is -2.36. The molecular formula is C14H20N2O5. The Morgan fingerprint density at radius 3 is 2.81 bits per heavy atom. The van der Waals surface area contributed by atoms with Gasteiger partial charge in [0.2, 0.25) is 5.91 Å². The summed E-state index contributed by atoms with van der Waals surface area (Å²) < 4.78 is 5.34. The summed E-state index contributed by atoms with van der Waals surface area (Å²) in [6.07, 6.45) is 1.35. The number of nitrogens with zero attached hydrogens (tertiary/aromatic N) is 1. The van der Waals surface area contributed by atoms with Gasteiger partial charge < -0.3 is 15.2 Å². The average Bonchev–Trinajstić information content (AvgIpc) is 2.49. The molecule has 1 atom stereocenters. The number of rotatable bonds is 9. The zero-order chi connectivity index (χ0) is 15.7. The molecule has 0 saturated heterocycles. The lowest BCUT2D eigenvalue weighted by atomic mass is 10.2. The van der Waals surface area contributed by atoms with Gasteiger partial charge in [0.25, 0.3) is 0 Å². The van der Waals surface area contributed by atoms with Crippen LogP contribution in [0.15, 0.2) is 24.3 Å². The minimum Gasteiger partial charge on any atom is -0.487 e. The number of benzene rings is 1. The summed E-state index contributed by atoms with van der Waals surface area (Å²) in [5.41, 5.74) is -0.0896. The molecule has 21 heavy (non-hydrogen) atoms. The Labute approximate surface area is 123 Å². The van der Waals surface area contributed by atoms with E-state index in [-0.39, 0.29) is 43.0 Å². The molecule has 2 N–H and O–H groups in total. The van der Waals surface area contributed by atoms with Crippen molar-refractivity contribution in [3.63, 3.8) is 0 Å². The molecule has 0 aliphatic carbocycles. The van der Waals surface area contributed by atoms with E-state index in [1.54, 1.807) is 12.1 Å². The maximum atomic E-state index is 11.6. The highest BCUT2D eigenvalue weighted by Crippen LogP contribution is 2.25. The van der Waals surface area contributed by atoms with Crippen LogP contribution in [0.1, 0.15) is 26.2 Å². The van der Waals surface area contributed by atoms with Gasteiger partial charge in [0.15, 0.2) is 5.75 Å². The van der Waals surface area contributed by atoms with Crippen molar-refractivity contribution in [2.24, 2.45) is 0 Å². The van der Waals surface area contributed by atoms with Crippen LogP contribution in [0, 0.1) is 10.1 Å². The molecule has 1 amide bonds. The Morgan fingerprint density at radius 1 is 1.48 bits per heavy atom. The lowest BCUT2D eigenvalue weighted by molar-refractivity contribution is -0.385. The smallest absolute Gasteiger partial charge is 0.310 e. The maximum absolute atomic E-state index is 11.6. The van der Waals surface area contributed by atoms with Gasteiger partial charge >= 0.3 is 5.69 Å². The molecule has 0 saturated carbocycles. The van der Waals surface area contributed by atoms with E-state index in [1.165, 1.54) is 12.1 Å². The van der Waals surface area contributed by atoms with Crippen LogP contribution in [0.5, 0.6) is 5.75 Å². The Kier molecular flexibility index (Phi) is 7.17. The van der Waals surface area contributed by atoms with E-state index in [0.29, 0.717) is 12.8 Å². The number of hydrogen-bond acceptors (Lipinski definition) is 5. The fraction of sp³-hybridized carbons (Fsp3) is 0.500. The predicted molar refractivity (Wildman–Crippen MR) is 77.1 cm³/mol. The summed E-state index contributed by atoms with van der Waals surface area (Å²) in [5.74, 6) is 0.0340. The van der Waals surface area contributed by atoms with E-state index in [0.717, 1.165) is 0 Å². The molecule has 1 aromatic carbocycles. The van der Waals surface area contributed by atoms with Crippen molar-refractivity contribution < 1.29 is 19.6 Å². The first-order valence-corrected chi connectivity index (χ1v) is 6.85. The largest absolute Gasteiger partial charge is 0.487 e. The zero-order valence-electron chi connectivity index (χ0n) is 11.9. The molecule has 0 aliphatic heterocycles. The van der Waals surface area contributed by atoms with Crippen molar-refractivity contribution in [3.8, 4) is 5.75 Å². The second-order valence-electron chi connectivity index (χ2n) is 4.53. The van der Waals surface area contributed by atoms with E-state index in [1.807, 2.05) is 6.92 Å². The predicted octanol–water partition coefficient (Wildman–Crippen LogP) is 1.64. The molecule has 0 aromatic heterocycles. The van der Waals surface area contributed by atoms with Crippen LogP contribution >= 0.6 is 0 Å². The maximum Gasteiger partial charge on any atom is 0.310 e. The normalized spacial score (nSPS) is 11.7. The van der Waals surface area contributed by atoms with E-state index < -0.39 is 4.92 Å². The van der Waals surface area contributed by atoms with E-state index in [2.05, 4.69) is 5.32 Å². The second kappa shape index (κ2) is 8.91. The van der Waals surface area contributed by atoms with Crippen LogP contribution in [0.25, 0.3) is 0 Å². The number of nitro groups is 1. The van der Waals surface area contributed by atoms with Crippen molar-refractivity contribution in [2.75, 3.05) is 13.2 Å². The van der Waals surface area contributed by atoms with Gasteiger partial charge in [-0.25, -0.2) is 0 Å². The Bertz CT molecular complexity index is 474. The lowest BCUT2D eigenvalue weighted by Gasteiger charge is -2.13. The fourth-order valence-corrected chi connectivity index (χ4v) is 1.72. The number of amides is 1. The second-order valence-corrected chi connectivity index (χ2v) is 4.53. The number of aliphatic hydroxyl groups is 1. The average molecular weight is 296 g/mol. The molecule has 7 nitrogen and oxygen atoms in total. The van der Waals surface area contributed by atoms with E-state index in [4.69, 9.17) is 9.84 Å². The molecule has 1 aromatic rings. The SMILES string of the molecule is CCC(CO)NC(=O)CCCOc1ccccc1[N+](=O)[O-]. The van der Waals surface area contributed by atoms with E-state index in [9.17, 15) is 14.9 Å². The third-order valence-electron chi connectivity index (χ3n) is 2.95. The third-order valence-corrected chi connectivity index (χ3v) is 2.95. The molecule has 0 radical (unpaired) electrons. The summed E-state index contributed by atoms with van der Waals surface area (Å²) in [7, 11) is 0. The van der Waals surface area contributed by atoms with Crippen LogP contribution < -0.4 is 10.1 Å². The molecule has 0 bridgehead atoms. The number of para-hydroxylation sites is 2. The summed E-state index contributed by atoms with van der Waals surface area (Å²) in [5, 5.41) is 22.5. The molecule has 0 spiro atoms. The fourth-order valence-electron chi connectivity index (χ4n) is 1.72. The number of nitro benzene ring substituents is 1. The minimum absolute atomic E-state index is 0.0883. The van der Waals surface area contributed by atoms with Crippen LogP contribution in [-0.2, 0) is 4.79 Å². The molecular weight excluding hydrogens is 276 g/mol. The van der Waals surface area contributed by atoms with Crippen LogP contribution in [-0.4, -0.2) is 35.2 Å². The number of carbonyl (C=O) groups excluding carboxylic acids is 1. The Balaban J connectivity index is 2.35. The van der Waals surface area contributed by atoms with Gasteiger partial charge in [-0.2, -0.15) is 0 Å². The number of nitrogens with one attached hydrogen (secondary N) is 1. The number of aliphatic hydroxyl groups excluding tert-OH is 1. The van der Waals surface area contributed by atoms with E-state index >= 15 is 0 Å². The van der Waals surface area contributed by atoms with Crippen molar-refractivity contribution >= 4 is 11.6 Å². The van der Waals surface area contributed by atoms with Crippen molar-refractivity contribution in [3.05, 3.63) is 34.4 Å². The summed E-state index contributed by atoms with van der Waals surface area (Å²) >= 11 is 0. The minimum atomic E-state index is -0.505. The molecule has 0 fully saturated rings. The molecule has 0 heterocycles. The highest BCUT2D eigenvalue weighted by Gasteiger charge is 2.14. The molecule has 1 unspecified atom stereocenters. The van der Waals surface area contributed by atoms with Crippen molar-refractivity contribution in [1.29, 1.82) is 0 Å². The van der Waals surface area contributed by atoms with Gasteiger partial charge in [-0.15, -0.1) is 0 Å². The molecule has 1 rings (SSSR count). The highest BCUT2D eigenvalue weighted by molar-refractivity contribution is 5.76. The summed E-state index contributed by atoms with van der Waals surface area (Å²) in [6, 6.07) is 5.89. The van der Waals surface area contributed by atoms with Gasteiger partial charge in [0.1, 0.15) is 0 Å². The van der Waals surface area contributed by atoms with Gasteiger partial charge in [-0.3, -0.25) is 14.9 Å². The molecule has 7 heteroatoms. The number of hydrogen-bond donors (Lipinski definition) is 2. The quantitative estimate of drug-likeness (QED) is 0.410. The van der Waals surface area contributed by atoms with Crippen LogP contribution in [0.2, 0.25) is 0 Å². The molecule has 116 valence electrons. The first-order chi connectivity index (χ1) is 10.1. The van der Waals surface area contributed by atoms with Crippen molar-refractivity contribution in [1.82, 2.24) is 5.32 Å². The van der Waals surface area contributed by atoms with Crippen LogP contribution in [0.3, 0.4) is 0 Å². The summed E-state index contributed by atoms with van der Waals surface area (Å²) in [6.45, 7) is 2.00. The van der Waals surface area contributed by atoms with Gasteiger partial charge in [-0.1, -0.05) is 19.1 Å². The van der Waals surface area contributed by atoms with Gasteiger partial charge in [0, 0.05) is 12.5 Å². The van der Waals surface area contributed by atoms with Gasteiger partial charge in [-0.05, 0) is 18.9 Å². The van der Waals surface area contributed by atoms with Gasteiger partial charge in [0.05, 0.1) is 24.2 Å². The zero-order valence-corrected chi connectivity index (χ0v) is 11.9. The standard InChI is InChI=1S/C14H20N2O5/c1-2-11(10-17)15-14(18)8-5-9-21-13-7-4-3-6-12(13)16(19)20/h3-4,6-7,11,17H,2,5,8-10H2,1H3,(H,15,18). The topological polar surface area (TPSA) is 102 Å². The first kappa shape index (κ1) is 16.9. The first-order valence-electron chi connectivity index (χ1n) is 6.85. The van der Waals surface area contributed by atoms with Crippen LogP contribution in [0.4, 0.5) is 5.69 Å². The summed E-state index contributed by atoms with van der Waals surface area (Å²) in [4.78, 5) is 21.9.